The maximum Gasteiger partial charge on any atom is 0.356 e. The SMILES string of the molecule is N#CCCCCOC(=O)c1ccc([N+](=O)[O-])cn1. The van der Waals surface area contributed by atoms with Crippen LogP contribution in [-0.2, 0) is 4.74 Å². The normalized spacial score (nSPS) is 9.50. The Kier molecular flexibility index (Phi) is 5.25. The van der Waals surface area contributed by atoms with Crippen LogP contribution in [0.15, 0.2) is 18.3 Å². The van der Waals surface area contributed by atoms with E-state index in [4.69, 9.17) is 10.00 Å². The van der Waals surface area contributed by atoms with Crippen molar-refractivity contribution >= 4 is 11.7 Å². The van der Waals surface area contributed by atoms with Gasteiger partial charge in [0.1, 0.15) is 11.9 Å². The van der Waals surface area contributed by atoms with Gasteiger partial charge in [-0.05, 0) is 18.9 Å². The van der Waals surface area contributed by atoms with Crippen LogP contribution in [0.1, 0.15) is 29.8 Å². The molecule has 0 atom stereocenters. The van der Waals surface area contributed by atoms with Crippen molar-refractivity contribution in [2.75, 3.05) is 6.61 Å². The van der Waals surface area contributed by atoms with E-state index in [1.54, 1.807) is 0 Å². The fourth-order valence-corrected chi connectivity index (χ4v) is 1.16. The van der Waals surface area contributed by atoms with E-state index in [0.717, 1.165) is 6.20 Å². The summed E-state index contributed by atoms with van der Waals surface area (Å²) in [6.45, 7) is 0.208. The number of carbonyl (C=O) groups is 1. The van der Waals surface area contributed by atoms with Crippen molar-refractivity contribution in [3.8, 4) is 6.07 Å². The van der Waals surface area contributed by atoms with Crippen LogP contribution in [0.4, 0.5) is 5.69 Å². The number of esters is 1. The van der Waals surface area contributed by atoms with Crippen LogP contribution in [0, 0.1) is 21.4 Å². The molecule has 1 rings (SSSR count). The van der Waals surface area contributed by atoms with Gasteiger partial charge in [-0.1, -0.05) is 0 Å². The van der Waals surface area contributed by atoms with Crippen molar-refractivity contribution in [2.24, 2.45) is 0 Å². The van der Waals surface area contributed by atoms with Crippen molar-refractivity contribution in [3.63, 3.8) is 0 Å². The lowest BCUT2D eigenvalue weighted by Gasteiger charge is -2.02. The lowest BCUT2D eigenvalue weighted by molar-refractivity contribution is -0.385. The second kappa shape index (κ2) is 6.96. The molecule has 0 N–H and O–H groups in total. The zero-order chi connectivity index (χ0) is 13.4. The molecule has 1 aromatic rings. The van der Waals surface area contributed by atoms with Crippen LogP contribution in [0.3, 0.4) is 0 Å². The van der Waals surface area contributed by atoms with Gasteiger partial charge in [0.05, 0.1) is 17.6 Å². The minimum atomic E-state index is -0.623. The number of nitrogens with zero attached hydrogens (tertiary/aromatic N) is 3. The molecule has 0 saturated heterocycles. The van der Waals surface area contributed by atoms with E-state index in [1.807, 2.05) is 6.07 Å². The molecule has 0 aliphatic heterocycles. The number of aromatic nitrogens is 1. The Balaban J connectivity index is 2.42. The minimum absolute atomic E-state index is 0.0286. The topological polar surface area (TPSA) is 106 Å². The largest absolute Gasteiger partial charge is 0.461 e. The Bertz CT molecular complexity index is 464. The van der Waals surface area contributed by atoms with Crippen LogP contribution >= 0.6 is 0 Å². The van der Waals surface area contributed by atoms with Crippen molar-refractivity contribution in [1.82, 2.24) is 4.98 Å². The number of pyridine rings is 1. The molecular weight excluding hydrogens is 238 g/mol. The Morgan fingerprint density at radius 3 is 2.83 bits per heavy atom. The summed E-state index contributed by atoms with van der Waals surface area (Å²) in [5.74, 6) is -0.623. The summed E-state index contributed by atoms with van der Waals surface area (Å²) >= 11 is 0. The Morgan fingerprint density at radius 2 is 2.28 bits per heavy atom. The van der Waals surface area contributed by atoms with Crippen LogP contribution in [0.2, 0.25) is 0 Å². The molecule has 0 unspecified atom stereocenters. The molecule has 7 nitrogen and oxygen atoms in total. The molecule has 0 aliphatic rings. The summed E-state index contributed by atoms with van der Waals surface area (Å²) in [6, 6.07) is 4.43. The van der Waals surface area contributed by atoms with Gasteiger partial charge in [-0.15, -0.1) is 0 Å². The second-order valence-corrected chi connectivity index (χ2v) is 3.41. The molecule has 0 radical (unpaired) electrons. The monoisotopic (exact) mass is 249 g/mol. The van der Waals surface area contributed by atoms with E-state index in [1.165, 1.54) is 12.1 Å². The molecule has 94 valence electrons. The number of carbonyl (C=O) groups excluding carboxylic acids is 1. The van der Waals surface area contributed by atoms with Crippen LogP contribution in [-0.4, -0.2) is 22.5 Å². The first kappa shape index (κ1) is 13.6. The van der Waals surface area contributed by atoms with Gasteiger partial charge in [0.15, 0.2) is 0 Å². The van der Waals surface area contributed by atoms with Crippen LogP contribution in [0.25, 0.3) is 0 Å². The Labute approximate surface area is 103 Å². The first-order valence-electron chi connectivity index (χ1n) is 5.29. The van der Waals surface area contributed by atoms with Gasteiger partial charge in [0.25, 0.3) is 5.69 Å². The van der Waals surface area contributed by atoms with Crippen molar-refractivity contribution < 1.29 is 14.5 Å². The first-order valence-corrected chi connectivity index (χ1v) is 5.29. The number of hydrogen-bond acceptors (Lipinski definition) is 6. The number of hydrogen-bond donors (Lipinski definition) is 0. The lowest BCUT2D eigenvalue weighted by atomic mass is 10.2. The van der Waals surface area contributed by atoms with Crippen LogP contribution < -0.4 is 0 Å². The minimum Gasteiger partial charge on any atom is -0.461 e. The zero-order valence-electron chi connectivity index (χ0n) is 9.54. The fraction of sp³-hybridized carbons (Fsp3) is 0.364. The molecule has 0 spiro atoms. The maximum atomic E-state index is 11.4. The molecule has 0 bridgehead atoms. The summed E-state index contributed by atoms with van der Waals surface area (Å²) in [5, 5.41) is 18.7. The average Bonchev–Trinajstić information content (AvgIpc) is 2.38. The molecular formula is C11H11N3O4. The third-order valence-electron chi connectivity index (χ3n) is 2.08. The number of unbranched alkanes of at least 4 members (excludes halogenated alkanes) is 2. The second-order valence-electron chi connectivity index (χ2n) is 3.41. The summed E-state index contributed by atoms with van der Waals surface area (Å²) in [4.78, 5) is 24.9. The third kappa shape index (κ3) is 4.17. The van der Waals surface area contributed by atoms with E-state index < -0.39 is 10.9 Å². The first-order chi connectivity index (χ1) is 8.65. The highest BCUT2D eigenvalue weighted by Crippen LogP contribution is 2.09. The van der Waals surface area contributed by atoms with Crippen molar-refractivity contribution in [3.05, 3.63) is 34.1 Å². The number of nitriles is 1. The van der Waals surface area contributed by atoms with Gasteiger partial charge in [-0.3, -0.25) is 10.1 Å². The summed E-state index contributed by atoms with van der Waals surface area (Å²) in [7, 11) is 0. The smallest absolute Gasteiger partial charge is 0.356 e. The molecule has 0 aromatic carbocycles. The maximum absolute atomic E-state index is 11.4. The van der Waals surface area contributed by atoms with Gasteiger partial charge < -0.3 is 4.74 Å². The van der Waals surface area contributed by atoms with E-state index in [9.17, 15) is 14.9 Å². The summed E-state index contributed by atoms with van der Waals surface area (Å²) in [6.07, 6.45) is 2.70. The number of nitro groups is 1. The highest BCUT2D eigenvalue weighted by molar-refractivity contribution is 5.87. The number of rotatable bonds is 6. The molecule has 0 fully saturated rings. The Morgan fingerprint density at radius 1 is 1.50 bits per heavy atom. The Hall–Kier alpha value is -2.49. The molecule has 18 heavy (non-hydrogen) atoms. The van der Waals surface area contributed by atoms with Gasteiger partial charge in [-0.2, -0.15) is 5.26 Å². The van der Waals surface area contributed by atoms with E-state index >= 15 is 0 Å². The highest BCUT2D eigenvalue weighted by atomic mass is 16.6. The van der Waals surface area contributed by atoms with Gasteiger partial charge in [0, 0.05) is 12.5 Å². The summed E-state index contributed by atoms with van der Waals surface area (Å²) < 4.78 is 4.89. The van der Waals surface area contributed by atoms with Gasteiger partial charge in [0.2, 0.25) is 0 Å². The molecule has 0 aliphatic carbocycles. The van der Waals surface area contributed by atoms with Gasteiger partial charge >= 0.3 is 5.97 Å². The molecule has 0 amide bonds. The van der Waals surface area contributed by atoms with Gasteiger partial charge in [-0.25, -0.2) is 9.78 Å². The van der Waals surface area contributed by atoms with Crippen molar-refractivity contribution in [1.29, 1.82) is 5.26 Å². The highest BCUT2D eigenvalue weighted by Gasteiger charge is 2.11. The lowest BCUT2D eigenvalue weighted by Crippen LogP contribution is -2.08. The predicted octanol–water partition coefficient (Wildman–Crippen LogP) is 1.84. The predicted molar refractivity (Wildman–Crippen MR) is 60.6 cm³/mol. The van der Waals surface area contributed by atoms with E-state index in [-0.39, 0.29) is 18.0 Å². The fourth-order valence-electron chi connectivity index (χ4n) is 1.16. The molecule has 0 saturated carbocycles. The zero-order valence-corrected chi connectivity index (χ0v) is 9.54. The van der Waals surface area contributed by atoms with E-state index in [0.29, 0.717) is 19.3 Å². The average molecular weight is 249 g/mol. The molecule has 1 heterocycles. The van der Waals surface area contributed by atoms with E-state index in [2.05, 4.69) is 4.98 Å². The van der Waals surface area contributed by atoms with Crippen LogP contribution in [0.5, 0.6) is 0 Å². The molecule has 7 heteroatoms. The standard InChI is InChI=1S/C11H11N3O4/c12-6-2-1-3-7-18-11(15)10-5-4-9(8-13-10)14(16)17/h4-5,8H,1-3,7H2. The number of ether oxygens (including phenoxy) is 1. The molecule has 1 aromatic heterocycles. The van der Waals surface area contributed by atoms with Crippen molar-refractivity contribution in [2.45, 2.75) is 19.3 Å². The third-order valence-corrected chi connectivity index (χ3v) is 2.08. The summed E-state index contributed by atoms with van der Waals surface area (Å²) in [5.41, 5.74) is -0.151. The quantitative estimate of drug-likeness (QED) is 0.329.